The minimum atomic E-state index is -0.960. The van der Waals surface area contributed by atoms with Crippen LogP contribution in [0.3, 0.4) is 0 Å². The van der Waals surface area contributed by atoms with Gasteiger partial charge in [-0.05, 0) is 31.4 Å². The average molecular weight is 352 g/mol. The third-order valence-corrected chi connectivity index (χ3v) is 4.69. The largest absolute Gasteiger partial charge is 0.493 e. The highest BCUT2D eigenvalue weighted by atomic mass is 19.1. The highest BCUT2D eigenvalue weighted by molar-refractivity contribution is 5.80. The number of carbonyl (C=O) groups is 2. The first-order valence-electron chi connectivity index (χ1n) is 8.24. The number of hydrogen-bond donors (Lipinski definition) is 2. The molecule has 3 rings (SSSR count). The van der Waals surface area contributed by atoms with Crippen molar-refractivity contribution in [3.05, 3.63) is 24.0 Å². The fourth-order valence-electron chi connectivity index (χ4n) is 3.17. The van der Waals surface area contributed by atoms with E-state index in [-0.39, 0.29) is 24.0 Å². The smallest absolute Gasteiger partial charge is 0.407 e. The third-order valence-electron chi connectivity index (χ3n) is 4.69. The predicted octanol–water partition coefficient (Wildman–Crippen LogP) is 1.86. The molecule has 0 radical (unpaired) electrons. The van der Waals surface area contributed by atoms with Crippen molar-refractivity contribution >= 4 is 12.0 Å². The number of benzene rings is 1. The van der Waals surface area contributed by atoms with Crippen molar-refractivity contribution < 1.29 is 28.6 Å². The molecule has 2 aliphatic rings. The minimum Gasteiger partial charge on any atom is -0.493 e. The summed E-state index contributed by atoms with van der Waals surface area (Å²) in [5, 5.41) is 11.8. The number of ether oxygens (including phenoxy) is 2. The van der Waals surface area contributed by atoms with E-state index >= 15 is 0 Å². The summed E-state index contributed by atoms with van der Waals surface area (Å²) in [5.41, 5.74) is 0. The van der Waals surface area contributed by atoms with Crippen molar-refractivity contribution in [3.8, 4) is 11.5 Å². The summed E-state index contributed by atoms with van der Waals surface area (Å²) in [6.07, 6.45) is 0.593. The zero-order chi connectivity index (χ0) is 18.0. The first-order chi connectivity index (χ1) is 12.0. The maximum Gasteiger partial charge on any atom is 0.407 e. The standard InChI is InChI=1S/C17H21FN2O5/c1-24-14-3-2-11(18)8-15(14)25-13-6-10(7-13)16(21)19-12-4-5-20(9-12)17(22)23/h2-3,8,10,12-13H,4-7,9H2,1H3,(H,19,21)(H,22,23). The van der Waals surface area contributed by atoms with Crippen LogP contribution in [0.25, 0.3) is 0 Å². The molecule has 2 N–H and O–H groups in total. The molecule has 0 bridgehead atoms. The Labute approximate surface area is 144 Å². The summed E-state index contributed by atoms with van der Waals surface area (Å²) < 4.78 is 24.2. The van der Waals surface area contributed by atoms with Crippen molar-refractivity contribution in [2.45, 2.75) is 31.4 Å². The van der Waals surface area contributed by atoms with Crippen LogP contribution in [0.1, 0.15) is 19.3 Å². The topological polar surface area (TPSA) is 88.1 Å². The molecule has 2 amide bonds. The first-order valence-corrected chi connectivity index (χ1v) is 8.24. The number of halogens is 1. The third kappa shape index (κ3) is 3.94. The molecule has 2 fully saturated rings. The molecule has 1 unspecified atom stereocenters. The monoisotopic (exact) mass is 352 g/mol. The quantitative estimate of drug-likeness (QED) is 0.844. The highest BCUT2D eigenvalue weighted by Crippen LogP contribution is 2.36. The number of amides is 2. The summed E-state index contributed by atoms with van der Waals surface area (Å²) in [6, 6.07) is 3.93. The number of carbonyl (C=O) groups excluding carboxylic acids is 1. The molecule has 1 aliphatic carbocycles. The number of methoxy groups -OCH3 is 1. The van der Waals surface area contributed by atoms with Crippen LogP contribution < -0.4 is 14.8 Å². The Bertz CT molecular complexity index is 662. The molecular weight excluding hydrogens is 331 g/mol. The highest BCUT2D eigenvalue weighted by Gasteiger charge is 2.38. The van der Waals surface area contributed by atoms with Gasteiger partial charge in [0.15, 0.2) is 11.5 Å². The molecular formula is C17H21FN2O5. The molecule has 7 nitrogen and oxygen atoms in total. The van der Waals surface area contributed by atoms with Gasteiger partial charge in [0.25, 0.3) is 0 Å². The number of nitrogens with one attached hydrogen (secondary N) is 1. The Morgan fingerprint density at radius 1 is 1.32 bits per heavy atom. The van der Waals surface area contributed by atoms with Gasteiger partial charge in [-0.3, -0.25) is 4.79 Å². The lowest BCUT2D eigenvalue weighted by atomic mass is 9.81. The zero-order valence-electron chi connectivity index (χ0n) is 13.9. The first kappa shape index (κ1) is 17.3. The molecule has 1 aromatic carbocycles. The number of likely N-dealkylation sites (tertiary alicyclic amines) is 1. The molecule has 0 spiro atoms. The van der Waals surface area contributed by atoms with Gasteiger partial charge in [0.2, 0.25) is 5.91 Å². The Morgan fingerprint density at radius 2 is 2.08 bits per heavy atom. The summed E-state index contributed by atoms with van der Waals surface area (Å²) >= 11 is 0. The summed E-state index contributed by atoms with van der Waals surface area (Å²) in [7, 11) is 1.49. The second-order valence-electron chi connectivity index (χ2n) is 6.43. The Balaban J connectivity index is 1.46. The predicted molar refractivity (Wildman–Crippen MR) is 86.2 cm³/mol. The molecule has 1 saturated carbocycles. The van der Waals surface area contributed by atoms with Gasteiger partial charge in [0, 0.05) is 31.1 Å². The molecule has 1 aliphatic heterocycles. The second kappa shape index (κ2) is 7.16. The van der Waals surface area contributed by atoms with Crippen LogP contribution >= 0.6 is 0 Å². The van der Waals surface area contributed by atoms with E-state index in [1.807, 2.05) is 0 Å². The van der Waals surface area contributed by atoms with Crippen LogP contribution in [0.4, 0.5) is 9.18 Å². The van der Waals surface area contributed by atoms with Crippen molar-refractivity contribution in [2.75, 3.05) is 20.2 Å². The van der Waals surface area contributed by atoms with E-state index in [1.165, 1.54) is 30.2 Å². The van der Waals surface area contributed by atoms with Gasteiger partial charge in [-0.1, -0.05) is 0 Å². The van der Waals surface area contributed by atoms with Gasteiger partial charge in [-0.15, -0.1) is 0 Å². The Hall–Kier alpha value is -2.51. The second-order valence-corrected chi connectivity index (χ2v) is 6.43. The summed E-state index contributed by atoms with van der Waals surface area (Å²) in [5.74, 6) is 0.133. The van der Waals surface area contributed by atoms with E-state index in [1.54, 1.807) is 0 Å². The van der Waals surface area contributed by atoms with E-state index < -0.39 is 11.9 Å². The Morgan fingerprint density at radius 3 is 2.72 bits per heavy atom. The lowest BCUT2D eigenvalue weighted by molar-refractivity contribution is -0.131. The van der Waals surface area contributed by atoms with E-state index in [4.69, 9.17) is 14.6 Å². The maximum atomic E-state index is 13.3. The summed E-state index contributed by atoms with van der Waals surface area (Å²) in [4.78, 5) is 24.4. The zero-order valence-corrected chi connectivity index (χ0v) is 13.9. The number of carboxylic acid groups (broad SMARTS) is 1. The fraction of sp³-hybridized carbons (Fsp3) is 0.529. The van der Waals surface area contributed by atoms with Crippen LogP contribution in [0.5, 0.6) is 11.5 Å². The molecule has 1 aromatic rings. The van der Waals surface area contributed by atoms with E-state index in [0.717, 1.165) is 0 Å². The van der Waals surface area contributed by atoms with Crippen molar-refractivity contribution in [1.82, 2.24) is 10.2 Å². The van der Waals surface area contributed by atoms with Crippen molar-refractivity contribution in [1.29, 1.82) is 0 Å². The van der Waals surface area contributed by atoms with Gasteiger partial charge in [-0.25, -0.2) is 9.18 Å². The van der Waals surface area contributed by atoms with Crippen LogP contribution in [0.2, 0.25) is 0 Å². The summed E-state index contributed by atoms with van der Waals surface area (Å²) in [6.45, 7) is 0.768. The molecule has 1 saturated heterocycles. The minimum absolute atomic E-state index is 0.0803. The van der Waals surface area contributed by atoms with Crippen LogP contribution in [-0.2, 0) is 4.79 Å². The van der Waals surface area contributed by atoms with Crippen LogP contribution in [-0.4, -0.2) is 54.4 Å². The van der Waals surface area contributed by atoms with Crippen LogP contribution in [0, 0.1) is 11.7 Å². The van der Waals surface area contributed by atoms with E-state index in [2.05, 4.69) is 5.32 Å². The number of rotatable bonds is 5. The molecule has 1 atom stereocenters. The molecule has 136 valence electrons. The molecule has 8 heteroatoms. The van der Waals surface area contributed by atoms with Crippen molar-refractivity contribution in [3.63, 3.8) is 0 Å². The van der Waals surface area contributed by atoms with Crippen LogP contribution in [0.15, 0.2) is 18.2 Å². The maximum absolute atomic E-state index is 13.3. The van der Waals surface area contributed by atoms with Gasteiger partial charge in [0.05, 0.1) is 7.11 Å². The molecule has 25 heavy (non-hydrogen) atoms. The van der Waals surface area contributed by atoms with E-state index in [9.17, 15) is 14.0 Å². The Kier molecular flexibility index (Phi) is 4.96. The van der Waals surface area contributed by atoms with Gasteiger partial charge in [-0.2, -0.15) is 0 Å². The average Bonchev–Trinajstić information content (AvgIpc) is 2.99. The normalized spacial score (nSPS) is 25.2. The van der Waals surface area contributed by atoms with Crippen molar-refractivity contribution in [2.24, 2.45) is 5.92 Å². The fourth-order valence-corrected chi connectivity index (χ4v) is 3.17. The molecule has 1 heterocycles. The SMILES string of the molecule is COc1ccc(F)cc1OC1CC(C(=O)NC2CCN(C(=O)O)C2)C1. The number of nitrogens with zero attached hydrogens (tertiary/aromatic N) is 1. The van der Waals surface area contributed by atoms with Gasteiger partial charge in [0.1, 0.15) is 11.9 Å². The van der Waals surface area contributed by atoms with E-state index in [0.29, 0.717) is 43.9 Å². The molecule has 0 aromatic heterocycles. The van der Waals surface area contributed by atoms with Gasteiger partial charge >= 0.3 is 6.09 Å². The lowest BCUT2D eigenvalue weighted by Gasteiger charge is -2.35. The lowest BCUT2D eigenvalue weighted by Crippen LogP contribution is -2.47. The van der Waals surface area contributed by atoms with Gasteiger partial charge < -0.3 is 24.8 Å². The number of hydrogen-bond acceptors (Lipinski definition) is 4.